The lowest BCUT2D eigenvalue weighted by Gasteiger charge is -2.35. The van der Waals surface area contributed by atoms with E-state index in [0.29, 0.717) is 42.4 Å². The molecule has 2 atom stereocenters. The summed E-state index contributed by atoms with van der Waals surface area (Å²) in [5.41, 5.74) is -0.796. The zero-order valence-corrected chi connectivity index (χ0v) is 22.5. The van der Waals surface area contributed by atoms with Crippen LogP contribution in [0.3, 0.4) is 0 Å². The summed E-state index contributed by atoms with van der Waals surface area (Å²) in [4.78, 5) is 20.8. The van der Waals surface area contributed by atoms with Crippen molar-refractivity contribution in [2.75, 3.05) is 18.1 Å². The van der Waals surface area contributed by atoms with Crippen molar-refractivity contribution >= 4 is 15.8 Å². The summed E-state index contributed by atoms with van der Waals surface area (Å²) >= 11 is 0. The van der Waals surface area contributed by atoms with E-state index < -0.39 is 26.7 Å². The molecule has 0 spiro atoms. The molecule has 12 heteroatoms. The van der Waals surface area contributed by atoms with E-state index in [1.54, 1.807) is 29.2 Å². The second-order valence-corrected chi connectivity index (χ2v) is 12.2. The van der Waals surface area contributed by atoms with Gasteiger partial charge in [0.1, 0.15) is 16.9 Å². The Balaban J connectivity index is 1.72. The van der Waals surface area contributed by atoms with Crippen LogP contribution in [0.5, 0.6) is 5.75 Å². The van der Waals surface area contributed by atoms with Gasteiger partial charge in [-0.15, -0.1) is 0 Å². The molecule has 1 saturated heterocycles. The van der Waals surface area contributed by atoms with E-state index in [-0.39, 0.29) is 11.1 Å². The van der Waals surface area contributed by atoms with Gasteiger partial charge < -0.3 is 19.7 Å². The van der Waals surface area contributed by atoms with Gasteiger partial charge in [0.25, 0.3) is 5.56 Å². The molecule has 3 N–H and O–H groups in total. The van der Waals surface area contributed by atoms with Gasteiger partial charge in [0.05, 0.1) is 19.0 Å². The van der Waals surface area contributed by atoms with Crippen LogP contribution in [0.25, 0.3) is 5.82 Å². The third-order valence-electron chi connectivity index (χ3n) is 6.23. The van der Waals surface area contributed by atoms with Crippen molar-refractivity contribution in [2.45, 2.75) is 57.7 Å². The molecule has 4 rings (SSSR count). The smallest absolute Gasteiger partial charge is 0.268 e. The SMILES string of the molecule is CC(C)COc1cnn(-c2ccc(C(O)NS(=O)(=O)c3ccc[nH]c3=O)c(N3C[C@@H](C)CC3(C)C)n2)c1. The van der Waals surface area contributed by atoms with E-state index in [1.165, 1.54) is 18.3 Å². The highest BCUT2D eigenvalue weighted by molar-refractivity contribution is 7.89. The maximum atomic E-state index is 12.9. The first-order chi connectivity index (χ1) is 17.4. The van der Waals surface area contributed by atoms with Crippen LogP contribution >= 0.6 is 0 Å². The highest BCUT2D eigenvalue weighted by Gasteiger charge is 2.39. The van der Waals surface area contributed by atoms with Gasteiger partial charge in [-0.2, -0.15) is 9.82 Å². The lowest BCUT2D eigenvalue weighted by atomic mass is 9.97. The van der Waals surface area contributed by atoms with Crippen molar-refractivity contribution in [2.24, 2.45) is 11.8 Å². The standard InChI is InChI=1S/C25H34N6O5S/c1-16(2)15-36-18-12-27-31(14-18)21-9-8-19(22(28-21)30-13-17(3)11-25(30,4)5)23(32)29-37(34,35)20-7-6-10-26-24(20)33/h6-10,12,14,16-17,23,29,32H,11,13,15H2,1-5H3,(H,26,33)/t17-,23?/m0/s1. The Bertz CT molecular complexity index is 1410. The van der Waals surface area contributed by atoms with Gasteiger partial charge in [0.2, 0.25) is 10.0 Å². The summed E-state index contributed by atoms with van der Waals surface area (Å²) in [6.07, 6.45) is 3.93. The van der Waals surface area contributed by atoms with Crippen molar-refractivity contribution in [1.29, 1.82) is 0 Å². The Kier molecular flexibility index (Phi) is 7.45. The third-order valence-corrected chi connectivity index (χ3v) is 7.66. The molecule has 4 heterocycles. The van der Waals surface area contributed by atoms with Crippen LogP contribution in [-0.4, -0.2) is 52.0 Å². The number of pyridine rings is 2. The van der Waals surface area contributed by atoms with Crippen LogP contribution in [0.15, 0.2) is 52.5 Å². The minimum Gasteiger partial charge on any atom is -0.490 e. The molecule has 0 amide bonds. The first-order valence-electron chi connectivity index (χ1n) is 12.2. The number of aliphatic hydroxyl groups is 1. The van der Waals surface area contributed by atoms with Crippen molar-refractivity contribution in [3.05, 3.63) is 58.8 Å². The summed E-state index contributed by atoms with van der Waals surface area (Å²) in [6, 6.07) is 5.85. The van der Waals surface area contributed by atoms with Gasteiger partial charge in [-0.25, -0.2) is 18.1 Å². The van der Waals surface area contributed by atoms with Crippen molar-refractivity contribution in [3.8, 4) is 11.6 Å². The molecule has 3 aromatic heterocycles. The molecule has 0 bridgehead atoms. The van der Waals surface area contributed by atoms with Crippen molar-refractivity contribution in [1.82, 2.24) is 24.5 Å². The molecule has 1 aliphatic rings. The number of aliphatic hydroxyl groups excluding tert-OH is 1. The summed E-state index contributed by atoms with van der Waals surface area (Å²) < 4.78 is 35.3. The number of hydrogen-bond donors (Lipinski definition) is 3. The maximum Gasteiger partial charge on any atom is 0.268 e. The predicted octanol–water partition coefficient (Wildman–Crippen LogP) is 2.58. The second kappa shape index (κ2) is 10.3. The average Bonchev–Trinajstić information content (AvgIpc) is 3.40. The number of nitrogens with zero attached hydrogens (tertiary/aromatic N) is 4. The Hall–Kier alpha value is -3.22. The predicted molar refractivity (Wildman–Crippen MR) is 139 cm³/mol. The molecule has 0 saturated carbocycles. The minimum absolute atomic E-state index is 0.269. The fraction of sp³-hybridized carbons (Fsp3) is 0.480. The Labute approximate surface area is 216 Å². The molecular formula is C25H34N6O5S. The van der Waals surface area contributed by atoms with E-state index in [2.05, 4.69) is 54.3 Å². The quantitative estimate of drug-likeness (QED) is 0.358. The zero-order chi connectivity index (χ0) is 27.0. The van der Waals surface area contributed by atoms with Crippen molar-refractivity contribution in [3.63, 3.8) is 0 Å². The largest absolute Gasteiger partial charge is 0.490 e. The van der Waals surface area contributed by atoms with Crippen LogP contribution in [0, 0.1) is 11.8 Å². The highest BCUT2D eigenvalue weighted by atomic mass is 32.2. The zero-order valence-electron chi connectivity index (χ0n) is 21.7. The van der Waals surface area contributed by atoms with Gasteiger partial charge in [0, 0.05) is 23.8 Å². The van der Waals surface area contributed by atoms with Crippen LogP contribution in [0.2, 0.25) is 0 Å². The number of sulfonamides is 1. The number of nitrogens with one attached hydrogen (secondary N) is 2. The van der Waals surface area contributed by atoms with Gasteiger partial charge in [-0.3, -0.25) is 4.79 Å². The molecule has 0 aromatic carbocycles. The topological polar surface area (TPSA) is 142 Å². The minimum atomic E-state index is -4.31. The number of anilines is 1. The number of ether oxygens (including phenoxy) is 1. The number of rotatable bonds is 9. The Morgan fingerprint density at radius 1 is 1.30 bits per heavy atom. The van der Waals surface area contributed by atoms with E-state index in [1.807, 2.05) is 0 Å². The fourth-order valence-electron chi connectivity index (χ4n) is 4.63. The van der Waals surface area contributed by atoms with Crippen LogP contribution < -0.4 is 19.9 Å². The Morgan fingerprint density at radius 3 is 2.70 bits per heavy atom. The van der Waals surface area contributed by atoms with Crippen LogP contribution in [0.1, 0.15) is 52.8 Å². The summed E-state index contributed by atoms with van der Waals surface area (Å²) in [7, 11) is -4.31. The molecule has 1 aliphatic heterocycles. The number of hydrogen-bond acceptors (Lipinski definition) is 8. The molecule has 11 nitrogen and oxygen atoms in total. The first-order valence-corrected chi connectivity index (χ1v) is 13.7. The Morgan fingerprint density at radius 2 is 2.05 bits per heavy atom. The molecule has 1 fully saturated rings. The average molecular weight is 531 g/mol. The summed E-state index contributed by atoms with van der Waals surface area (Å²) in [6.45, 7) is 11.7. The number of H-pyrrole nitrogens is 1. The summed E-state index contributed by atoms with van der Waals surface area (Å²) in [5, 5.41) is 15.4. The highest BCUT2D eigenvalue weighted by Crippen LogP contribution is 2.39. The van der Waals surface area contributed by atoms with E-state index >= 15 is 0 Å². The monoisotopic (exact) mass is 530 g/mol. The van der Waals surface area contributed by atoms with Gasteiger partial charge in [-0.1, -0.05) is 20.8 Å². The third kappa shape index (κ3) is 5.86. The second-order valence-electron chi connectivity index (χ2n) is 10.5. The van der Waals surface area contributed by atoms with Gasteiger partial charge >= 0.3 is 0 Å². The summed E-state index contributed by atoms with van der Waals surface area (Å²) in [5.74, 6) is 2.26. The molecule has 37 heavy (non-hydrogen) atoms. The van der Waals surface area contributed by atoms with Crippen LogP contribution in [0.4, 0.5) is 5.82 Å². The van der Waals surface area contributed by atoms with Gasteiger partial charge in [-0.05, 0) is 56.4 Å². The number of aromatic nitrogens is 4. The van der Waals surface area contributed by atoms with Crippen LogP contribution in [-0.2, 0) is 10.0 Å². The molecule has 1 unspecified atom stereocenters. The first kappa shape index (κ1) is 26.8. The molecular weight excluding hydrogens is 496 g/mol. The molecule has 3 aromatic rings. The lowest BCUT2D eigenvalue weighted by Crippen LogP contribution is -2.40. The van der Waals surface area contributed by atoms with Crippen molar-refractivity contribution < 1.29 is 18.3 Å². The van der Waals surface area contributed by atoms with E-state index in [9.17, 15) is 18.3 Å². The maximum absolute atomic E-state index is 12.9. The normalized spacial score (nSPS) is 18.4. The fourth-order valence-corrected chi connectivity index (χ4v) is 5.74. The lowest BCUT2D eigenvalue weighted by molar-refractivity contribution is 0.166. The van der Waals surface area contributed by atoms with E-state index in [4.69, 9.17) is 9.72 Å². The molecule has 0 radical (unpaired) electrons. The van der Waals surface area contributed by atoms with Gasteiger partial charge in [0.15, 0.2) is 11.6 Å². The van der Waals surface area contributed by atoms with E-state index in [0.717, 1.165) is 6.42 Å². The molecule has 0 aliphatic carbocycles. The molecule has 200 valence electrons. The number of aromatic amines is 1.